The van der Waals surface area contributed by atoms with Crippen LogP contribution in [-0.4, -0.2) is 4.98 Å². The highest BCUT2D eigenvalue weighted by Gasteiger charge is 2.09. The van der Waals surface area contributed by atoms with Gasteiger partial charge in [0.25, 0.3) is 0 Å². The van der Waals surface area contributed by atoms with Crippen LogP contribution in [0, 0.1) is 0 Å². The molecule has 1 heterocycles. The molecule has 21 heavy (non-hydrogen) atoms. The van der Waals surface area contributed by atoms with Gasteiger partial charge in [-0.2, -0.15) is 0 Å². The maximum Gasteiger partial charge on any atom is 0.347 e. The summed E-state index contributed by atoms with van der Waals surface area (Å²) in [6.45, 7) is 4.26. The fraction of sp³-hybridized carbons (Fsp3) is 0.176. The molecule has 0 aliphatic carbocycles. The quantitative estimate of drug-likeness (QED) is 0.693. The Labute approximate surface area is 127 Å². The van der Waals surface area contributed by atoms with Crippen LogP contribution in [0.5, 0.6) is 0 Å². The predicted molar refractivity (Wildman–Crippen MR) is 84.8 cm³/mol. The Bertz CT molecular complexity index is 851. The molecule has 0 N–H and O–H groups in total. The first-order valence-electron chi connectivity index (χ1n) is 6.75. The van der Waals surface area contributed by atoms with Gasteiger partial charge in [-0.3, -0.25) is 0 Å². The Kier molecular flexibility index (Phi) is 3.52. The van der Waals surface area contributed by atoms with E-state index >= 15 is 0 Å². The minimum atomic E-state index is -0.426. The molecule has 2 aromatic carbocycles. The van der Waals surface area contributed by atoms with Crippen molar-refractivity contribution >= 4 is 22.5 Å². The highest BCUT2D eigenvalue weighted by atomic mass is 35.5. The molecule has 0 saturated heterocycles. The van der Waals surface area contributed by atoms with Crippen LogP contribution in [0.15, 0.2) is 51.7 Å². The highest BCUT2D eigenvalue weighted by molar-refractivity contribution is 6.31. The topological polar surface area (TPSA) is 43.1 Å². The first kappa shape index (κ1) is 13.8. The summed E-state index contributed by atoms with van der Waals surface area (Å²) in [5.74, 6) is 0.780. The number of benzene rings is 2. The van der Waals surface area contributed by atoms with Gasteiger partial charge >= 0.3 is 5.63 Å². The minimum absolute atomic E-state index is 0.324. The van der Waals surface area contributed by atoms with Gasteiger partial charge in [0.2, 0.25) is 5.89 Å². The third-order valence-electron chi connectivity index (χ3n) is 3.41. The number of hydrogen-bond donors (Lipinski definition) is 0. The molecule has 0 unspecified atom stereocenters. The number of fused-ring (bicyclic) bond motifs is 1. The van der Waals surface area contributed by atoms with Gasteiger partial charge in [0.15, 0.2) is 0 Å². The van der Waals surface area contributed by atoms with E-state index < -0.39 is 5.63 Å². The lowest BCUT2D eigenvalue weighted by Gasteiger charge is -2.06. The van der Waals surface area contributed by atoms with Gasteiger partial charge in [-0.15, -0.1) is 0 Å². The molecule has 0 amide bonds. The molecule has 0 radical (unpaired) electrons. The predicted octanol–water partition coefficient (Wildman–Crippen LogP) is 4.63. The Morgan fingerprint density at radius 2 is 1.81 bits per heavy atom. The molecule has 0 spiro atoms. The molecule has 3 nitrogen and oxygen atoms in total. The highest BCUT2D eigenvalue weighted by Crippen LogP contribution is 2.23. The van der Waals surface area contributed by atoms with E-state index in [1.807, 2.05) is 24.3 Å². The molecule has 0 aliphatic heterocycles. The van der Waals surface area contributed by atoms with Crippen molar-refractivity contribution in [2.75, 3.05) is 0 Å². The van der Waals surface area contributed by atoms with Crippen molar-refractivity contribution in [2.24, 2.45) is 0 Å². The van der Waals surface area contributed by atoms with Gasteiger partial charge in [-0.25, -0.2) is 9.78 Å². The molecule has 0 bridgehead atoms. The summed E-state index contributed by atoms with van der Waals surface area (Å²) in [4.78, 5) is 16.4. The van der Waals surface area contributed by atoms with Crippen LogP contribution in [0.3, 0.4) is 0 Å². The fourth-order valence-electron chi connectivity index (χ4n) is 2.18. The molecule has 3 rings (SSSR count). The molecular formula is C17H14ClNO2. The zero-order valence-corrected chi connectivity index (χ0v) is 12.5. The molecule has 0 fully saturated rings. The Morgan fingerprint density at radius 1 is 1.10 bits per heavy atom. The zero-order valence-electron chi connectivity index (χ0n) is 11.8. The van der Waals surface area contributed by atoms with E-state index in [4.69, 9.17) is 16.0 Å². The van der Waals surface area contributed by atoms with Crippen molar-refractivity contribution in [3.05, 3.63) is 63.5 Å². The van der Waals surface area contributed by atoms with Gasteiger partial charge in [-0.1, -0.05) is 37.6 Å². The first-order valence-corrected chi connectivity index (χ1v) is 7.13. The van der Waals surface area contributed by atoms with Crippen LogP contribution in [0.4, 0.5) is 0 Å². The zero-order chi connectivity index (χ0) is 15.0. The summed E-state index contributed by atoms with van der Waals surface area (Å²) in [5.41, 5.74) is 2.17. The van der Waals surface area contributed by atoms with Crippen molar-refractivity contribution in [1.82, 2.24) is 4.98 Å². The van der Waals surface area contributed by atoms with Crippen molar-refractivity contribution in [3.63, 3.8) is 0 Å². The summed E-state index contributed by atoms with van der Waals surface area (Å²) >= 11 is 5.89. The molecule has 4 heteroatoms. The summed E-state index contributed by atoms with van der Waals surface area (Å²) in [7, 11) is 0. The smallest absolute Gasteiger partial charge is 0.347 e. The number of aromatic nitrogens is 1. The van der Waals surface area contributed by atoms with Crippen molar-refractivity contribution in [3.8, 4) is 11.5 Å². The third kappa shape index (κ3) is 2.69. The summed E-state index contributed by atoms with van der Waals surface area (Å²) in [6, 6.07) is 12.9. The maximum atomic E-state index is 12.0. The second-order valence-electron chi connectivity index (χ2n) is 5.24. The molecule has 1 aromatic heterocycles. The van der Waals surface area contributed by atoms with Gasteiger partial charge in [-0.05, 0) is 41.8 Å². The molecule has 0 aliphatic rings. The van der Waals surface area contributed by atoms with Crippen LogP contribution >= 0.6 is 11.6 Å². The third-order valence-corrected chi connectivity index (χ3v) is 3.65. The van der Waals surface area contributed by atoms with E-state index in [1.54, 1.807) is 18.2 Å². The number of nitrogens with zero attached hydrogens (tertiary/aromatic N) is 1. The lowest BCUT2D eigenvalue weighted by molar-refractivity contribution is 0.518. The minimum Gasteiger partial charge on any atom is -0.403 e. The monoisotopic (exact) mass is 299 g/mol. The normalized spacial score (nSPS) is 11.2. The second-order valence-corrected chi connectivity index (χ2v) is 5.68. The SMILES string of the molecule is CC(C)c1ccc(-c2nc3ccc(Cl)cc3c(=O)o2)cc1. The van der Waals surface area contributed by atoms with Crippen molar-refractivity contribution in [2.45, 2.75) is 19.8 Å². The Balaban J connectivity index is 2.12. The summed E-state index contributed by atoms with van der Waals surface area (Å²) in [6.07, 6.45) is 0. The lowest BCUT2D eigenvalue weighted by Crippen LogP contribution is -2.03. The van der Waals surface area contributed by atoms with Crippen LogP contribution in [0.25, 0.3) is 22.4 Å². The van der Waals surface area contributed by atoms with Crippen LogP contribution in [0.2, 0.25) is 5.02 Å². The lowest BCUT2D eigenvalue weighted by atomic mass is 10.0. The Morgan fingerprint density at radius 3 is 2.48 bits per heavy atom. The van der Waals surface area contributed by atoms with Gasteiger partial charge < -0.3 is 4.42 Å². The summed E-state index contributed by atoms with van der Waals surface area (Å²) < 4.78 is 5.31. The van der Waals surface area contributed by atoms with E-state index in [-0.39, 0.29) is 0 Å². The van der Waals surface area contributed by atoms with Gasteiger partial charge in [0, 0.05) is 10.6 Å². The first-order chi connectivity index (χ1) is 10.0. The van der Waals surface area contributed by atoms with Crippen LogP contribution < -0.4 is 5.63 Å². The van der Waals surface area contributed by atoms with E-state index in [0.29, 0.717) is 27.7 Å². The molecule has 0 atom stereocenters. The average Bonchev–Trinajstić information content (AvgIpc) is 2.48. The van der Waals surface area contributed by atoms with Gasteiger partial charge in [0.1, 0.15) is 0 Å². The standard InChI is InChI=1S/C17H14ClNO2/c1-10(2)11-3-5-12(6-4-11)16-19-15-8-7-13(18)9-14(15)17(20)21-16/h3-10H,1-2H3. The molecule has 3 aromatic rings. The number of hydrogen-bond acceptors (Lipinski definition) is 3. The number of halogens is 1. The summed E-state index contributed by atoms with van der Waals surface area (Å²) in [5, 5.41) is 0.885. The molecule has 106 valence electrons. The number of rotatable bonds is 2. The van der Waals surface area contributed by atoms with E-state index in [2.05, 4.69) is 18.8 Å². The molecular weight excluding hydrogens is 286 g/mol. The van der Waals surface area contributed by atoms with Crippen molar-refractivity contribution < 1.29 is 4.42 Å². The largest absolute Gasteiger partial charge is 0.403 e. The van der Waals surface area contributed by atoms with Crippen LogP contribution in [0.1, 0.15) is 25.3 Å². The average molecular weight is 300 g/mol. The van der Waals surface area contributed by atoms with Gasteiger partial charge in [0.05, 0.1) is 10.9 Å². The van der Waals surface area contributed by atoms with E-state index in [0.717, 1.165) is 5.56 Å². The molecule has 0 saturated carbocycles. The maximum absolute atomic E-state index is 12.0. The second kappa shape index (κ2) is 5.34. The van der Waals surface area contributed by atoms with Crippen LogP contribution in [-0.2, 0) is 0 Å². The Hall–Kier alpha value is -2.13. The van der Waals surface area contributed by atoms with E-state index in [1.165, 1.54) is 5.56 Å². The van der Waals surface area contributed by atoms with E-state index in [9.17, 15) is 4.79 Å². The fourth-order valence-corrected chi connectivity index (χ4v) is 2.35. The van der Waals surface area contributed by atoms with Crippen molar-refractivity contribution in [1.29, 1.82) is 0 Å².